The monoisotopic (exact) mass is 258 g/mol. The first-order valence-corrected chi connectivity index (χ1v) is 6.66. The maximum Gasteiger partial charge on any atom is 0.0587 e. The molecule has 102 valence electrons. The van der Waals surface area contributed by atoms with Crippen LogP contribution in [0.2, 0.25) is 0 Å². The summed E-state index contributed by atoms with van der Waals surface area (Å²) in [5.74, 6) is 0. The van der Waals surface area contributed by atoms with E-state index in [0.717, 1.165) is 19.7 Å². The van der Waals surface area contributed by atoms with E-state index in [1.54, 1.807) is 7.11 Å². The first kappa shape index (κ1) is 13.8. The zero-order chi connectivity index (χ0) is 13.7. The Labute approximate surface area is 115 Å². The smallest absolute Gasteiger partial charge is 0.0587 e. The Morgan fingerprint density at radius 1 is 1.21 bits per heavy atom. The number of nitrogens with zero attached hydrogens (tertiary/aromatic N) is 1. The fourth-order valence-electron chi connectivity index (χ4n) is 2.26. The van der Waals surface area contributed by atoms with Gasteiger partial charge in [0.15, 0.2) is 0 Å². The van der Waals surface area contributed by atoms with Crippen LogP contribution in [0.25, 0.3) is 5.69 Å². The van der Waals surface area contributed by atoms with Crippen molar-refractivity contribution >= 4 is 0 Å². The summed E-state index contributed by atoms with van der Waals surface area (Å²) in [6, 6.07) is 10.8. The van der Waals surface area contributed by atoms with Crippen LogP contribution in [0.5, 0.6) is 0 Å². The van der Waals surface area contributed by atoms with Crippen LogP contribution in [0.3, 0.4) is 0 Å². The van der Waals surface area contributed by atoms with Gasteiger partial charge >= 0.3 is 0 Å². The fraction of sp³-hybridized carbons (Fsp3) is 0.375. The molecule has 0 unspecified atom stereocenters. The second-order valence-electron chi connectivity index (χ2n) is 4.83. The van der Waals surface area contributed by atoms with Crippen LogP contribution in [-0.2, 0) is 11.3 Å². The molecule has 0 aliphatic rings. The van der Waals surface area contributed by atoms with E-state index >= 15 is 0 Å². The van der Waals surface area contributed by atoms with Crippen molar-refractivity contribution in [1.29, 1.82) is 0 Å². The van der Waals surface area contributed by atoms with Gasteiger partial charge in [-0.05, 0) is 37.6 Å². The number of ether oxygens (including phenoxy) is 1. The molecule has 0 atom stereocenters. The van der Waals surface area contributed by atoms with Gasteiger partial charge in [-0.25, -0.2) is 0 Å². The van der Waals surface area contributed by atoms with E-state index in [9.17, 15) is 0 Å². The third kappa shape index (κ3) is 3.46. The highest BCUT2D eigenvalue weighted by molar-refractivity contribution is 5.44. The van der Waals surface area contributed by atoms with Crippen molar-refractivity contribution in [2.45, 2.75) is 20.4 Å². The minimum absolute atomic E-state index is 0.740. The summed E-state index contributed by atoms with van der Waals surface area (Å²) in [4.78, 5) is 0. The van der Waals surface area contributed by atoms with Gasteiger partial charge in [-0.15, -0.1) is 0 Å². The second-order valence-corrected chi connectivity index (χ2v) is 4.83. The van der Waals surface area contributed by atoms with E-state index in [2.05, 4.69) is 60.3 Å². The highest BCUT2D eigenvalue weighted by Gasteiger charge is 2.05. The Morgan fingerprint density at radius 2 is 2.05 bits per heavy atom. The molecule has 0 amide bonds. The van der Waals surface area contributed by atoms with Crippen LogP contribution in [0, 0.1) is 13.8 Å². The van der Waals surface area contributed by atoms with Crippen molar-refractivity contribution in [3.63, 3.8) is 0 Å². The molecule has 0 aliphatic heterocycles. The molecule has 19 heavy (non-hydrogen) atoms. The van der Waals surface area contributed by atoms with Gasteiger partial charge in [0.2, 0.25) is 0 Å². The van der Waals surface area contributed by atoms with Crippen LogP contribution in [0.15, 0.2) is 36.5 Å². The van der Waals surface area contributed by atoms with E-state index in [1.165, 1.54) is 22.5 Å². The lowest BCUT2D eigenvalue weighted by molar-refractivity contribution is 0.199. The van der Waals surface area contributed by atoms with E-state index in [1.807, 2.05) is 0 Å². The molecule has 1 N–H and O–H groups in total. The Kier molecular flexibility index (Phi) is 4.77. The van der Waals surface area contributed by atoms with Gasteiger partial charge in [-0.3, -0.25) is 0 Å². The largest absolute Gasteiger partial charge is 0.383 e. The van der Waals surface area contributed by atoms with Crippen LogP contribution >= 0.6 is 0 Å². The van der Waals surface area contributed by atoms with Gasteiger partial charge in [-0.1, -0.05) is 17.7 Å². The molecule has 0 saturated carbocycles. The maximum absolute atomic E-state index is 5.04. The zero-order valence-electron chi connectivity index (χ0n) is 11.9. The van der Waals surface area contributed by atoms with Crippen LogP contribution in [0.4, 0.5) is 0 Å². The summed E-state index contributed by atoms with van der Waals surface area (Å²) in [6.07, 6.45) is 2.12. The highest BCUT2D eigenvalue weighted by atomic mass is 16.5. The lowest BCUT2D eigenvalue weighted by Gasteiger charge is -2.13. The minimum Gasteiger partial charge on any atom is -0.383 e. The summed E-state index contributed by atoms with van der Waals surface area (Å²) in [5.41, 5.74) is 5.12. The van der Waals surface area contributed by atoms with Gasteiger partial charge in [0.1, 0.15) is 0 Å². The maximum atomic E-state index is 5.04. The predicted octanol–water partition coefficient (Wildman–Crippen LogP) is 2.83. The zero-order valence-corrected chi connectivity index (χ0v) is 11.9. The molecule has 2 aromatic rings. The lowest BCUT2D eigenvalue weighted by atomic mass is 10.1. The normalized spacial score (nSPS) is 10.9. The topological polar surface area (TPSA) is 26.2 Å². The molecule has 3 heteroatoms. The summed E-state index contributed by atoms with van der Waals surface area (Å²) in [6.45, 7) is 6.74. The van der Waals surface area contributed by atoms with E-state index in [4.69, 9.17) is 4.74 Å². The molecule has 0 saturated heterocycles. The Hall–Kier alpha value is -1.58. The molecular formula is C16H22N2O. The molecule has 1 aromatic carbocycles. The number of rotatable bonds is 6. The molecule has 1 heterocycles. The van der Waals surface area contributed by atoms with Gasteiger partial charge in [0, 0.05) is 37.8 Å². The molecule has 0 bridgehead atoms. The van der Waals surface area contributed by atoms with Crippen molar-refractivity contribution in [2.75, 3.05) is 20.3 Å². The molecule has 0 fully saturated rings. The number of hydrogen-bond donors (Lipinski definition) is 1. The van der Waals surface area contributed by atoms with Crippen molar-refractivity contribution in [2.24, 2.45) is 0 Å². The van der Waals surface area contributed by atoms with Crippen LogP contribution in [0.1, 0.15) is 16.8 Å². The number of hydrogen-bond acceptors (Lipinski definition) is 2. The quantitative estimate of drug-likeness (QED) is 0.806. The Bertz CT molecular complexity index is 531. The summed E-state index contributed by atoms with van der Waals surface area (Å²) in [5, 5.41) is 3.38. The predicted molar refractivity (Wildman–Crippen MR) is 78.8 cm³/mol. The number of methoxy groups -OCH3 is 1. The first-order valence-electron chi connectivity index (χ1n) is 6.66. The minimum atomic E-state index is 0.740. The molecular weight excluding hydrogens is 236 g/mol. The highest BCUT2D eigenvalue weighted by Crippen LogP contribution is 2.18. The summed E-state index contributed by atoms with van der Waals surface area (Å²) >= 11 is 0. The third-order valence-corrected chi connectivity index (χ3v) is 3.23. The summed E-state index contributed by atoms with van der Waals surface area (Å²) < 4.78 is 7.28. The van der Waals surface area contributed by atoms with E-state index < -0.39 is 0 Å². The summed E-state index contributed by atoms with van der Waals surface area (Å²) in [7, 11) is 1.72. The van der Waals surface area contributed by atoms with Crippen LogP contribution < -0.4 is 5.32 Å². The van der Waals surface area contributed by atoms with E-state index in [0.29, 0.717) is 0 Å². The molecule has 0 aliphatic carbocycles. The van der Waals surface area contributed by atoms with Gasteiger partial charge < -0.3 is 14.6 Å². The second kappa shape index (κ2) is 6.55. The number of aryl methyl sites for hydroxylation is 2. The van der Waals surface area contributed by atoms with Crippen molar-refractivity contribution < 1.29 is 4.74 Å². The van der Waals surface area contributed by atoms with Gasteiger partial charge in [0.05, 0.1) is 6.61 Å². The van der Waals surface area contributed by atoms with Gasteiger partial charge in [0.25, 0.3) is 0 Å². The SMILES string of the molecule is COCCNCc1cccn1-c1ccc(C)cc1C. The van der Waals surface area contributed by atoms with Crippen LogP contribution in [-0.4, -0.2) is 24.8 Å². The average molecular weight is 258 g/mol. The fourth-order valence-corrected chi connectivity index (χ4v) is 2.26. The molecule has 1 aromatic heterocycles. The van der Waals surface area contributed by atoms with E-state index in [-0.39, 0.29) is 0 Å². The third-order valence-electron chi connectivity index (χ3n) is 3.23. The van der Waals surface area contributed by atoms with Gasteiger partial charge in [-0.2, -0.15) is 0 Å². The average Bonchev–Trinajstić information content (AvgIpc) is 2.83. The molecule has 0 radical (unpaired) electrons. The lowest BCUT2D eigenvalue weighted by Crippen LogP contribution is -2.20. The van der Waals surface area contributed by atoms with Crippen molar-refractivity contribution in [1.82, 2.24) is 9.88 Å². The Morgan fingerprint density at radius 3 is 2.79 bits per heavy atom. The molecule has 2 rings (SSSR count). The van der Waals surface area contributed by atoms with Crippen molar-refractivity contribution in [3.8, 4) is 5.69 Å². The number of aromatic nitrogens is 1. The Balaban J connectivity index is 2.14. The number of benzene rings is 1. The first-order chi connectivity index (χ1) is 9.22. The van der Waals surface area contributed by atoms with Crippen molar-refractivity contribution in [3.05, 3.63) is 53.3 Å². The molecule has 0 spiro atoms. The standard InChI is InChI=1S/C16H22N2O/c1-13-6-7-16(14(2)11-13)18-9-4-5-15(18)12-17-8-10-19-3/h4-7,9,11,17H,8,10,12H2,1-3H3. The molecule has 3 nitrogen and oxygen atoms in total. The number of nitrogens with one attached hydrogen (secondary N) is 1.